The van der Waals surface area contributed by atoms with Crippen LogP contribution in [0.4, 0.5) is 0 Å². The lowest BCUT2D eigenvalue weighted by Gasteiger charge is -2.27. The molecule has 4 nitrogen and oxygen atoms in total. The molecule has 0 saturated carbocycles. The molecule has 0 spiro atoms. The minimum atomic E-state index is -2.09. The van der Waals surface area contributed by atoms with Crippen LogP contribution in [0.1, 0.15) is 70.6 Å². The second-order valence-electron chi connectivity index (χ2n) is 7.18. The standard InChI is InChI=1S/C21H44O4Si/c1-5-6-7-8-9-10-11-12-13-14-15-16-21-26(4,24-19-17-22-2)25-20-18-23-3/h5H,1,6-21H2,2-4H3. The predicted octanol–water partition coefficient (Wildman–Crippen LogP) is 5.86. The fourth-order valence-electron chi connectivity index (χ4n) is 3.02. The first-order valence-electron chi connectivity index (χ1n) is 10.5. The molecule has 0 radical (unpaired) electrons. The maximum atomic E-state index is 6.05. The molecule has 0 fully saturated rings. The number of hydrogen-bond donors (Lipinski definition) is 0. The number of rotatable bonds is 21. The Morgan fingerprint density at radius 1 is 0.654 bits per heavy atom. The van der Waals surface area contributed by atoms with Crippen LogP contribution in [0.3, 0.4) is 0 Å². The topological polar surface area (TPSA) is 36.9 Å². The van der Waals surface area contributed by atoms with Crippen LogP contribution in [-0.4, -0.2) is 49.2 Å². The van der Waals surface area contributed by atoms with Gasteiger partial charge in [-0.05, 0) is 25.4 Å². The number of methoxy groups -OCH3 is 2. The van der Waals surface area contributed by atoms with Gasteiger partial charge < -0.3 is 18.3 Å². The van der Waals surface area contributed by atoms with Gasteiger partial charge in [-0.25, -0.2) is 0 Å². The van der Waals surface area contributed by atoms with Crippen LogP contribution >= 0.6 is 0 Å². The van der Waals surface area contributed by atoms with Crippen molar-refractivity contribution in [2.24, 2.45) is 0 Å². The van der Waals surface area contributed by atoms with Crippen LogP contribution in [0.2, 0.25) is 12.6 Å². The Bertz CT molecular complexity index is 290. The average Bonchev–Trinajstić information content (AvgIpc) is 2.63. The molecule has 0 atom stereocenters. The summed E-state index contributed by atoms with van der Waals surface area (Å²) in [6, 6.07) is 1.06. The van der Waals surface area contributed by atoms with Crippen molar-refractivity contribution >= 4 is 8.56 Å². The van der Waals surface area contributed by atoms with E-state index >= 15 is 0 Å². The van der Waals surface area contributed by atoms with Crippen molar-refractivity contribution < 1.29 is 18.3 Å². The van der Waals surface area contributed by atoms with E-state index in [1.807, 2.05) is 6.08 Å². The summed E-state index contributed by atoms with van der Waals surface area (Å²) in [7, 11) is 1.32. The summed E-state index contributed by atoms with van der Waals surface area (Å²) in [6.07, 6.45) is 16.6. The van der Waals surface area contributed by atoms with E-state index in [-0.39, 0.29) is 0 Å². The SMILES string of the molecule is C=CCCCCCCCCCCCC[Si](C)(OCCOC)OCCOC. The molecule has 5 heteroatoms. The third kappa shape index (κ3) is 17.2. The van der Waals surface area contributed by atoms with E-state index < -0.39 is 8.56 Å². The van der Waals surface area contributed by atoms with Crippen molar-refractivity contribution in [1.29, 1.82) is 0 Å². The van der Waals surface area contributed by atoms with Gasteiger partial charge in [0.1, 0.15) is 0 Å². The molecule has 0 rings (SSSR count). The van der Waals surface area contributed by atoms with E-state index in [2.05, 4.69) is 13.1 Å². The number of allylic oxidation sites excluding steroid dienone is 1. The molecule has 0 bridgehead atoms. The van der Waals surface area contributed by atoms with E-state index in [0.717, 1.165) is 6.04 Å². The fraction of sp³-hybridized carbons (Fsp3) is 0.905. The van der Waals surface area contributed by atoms with E-state index in [1.165, 1.54) is 70.6 Å². The quantitative estimate of drug-likeness (QED) is 0.140. The van der Waals surface area contributed by atoms with Crippen molar-refractivity contribution in [3.8, 4) is 0 Å². The molecule has 0 unspecified atom stereocenters. The number of hydrogen-bond acceptors (Lipinski definition) is 4. The van der Waals surface area contributed by atoms with E-state index in [9.17, 15) is 0 Å². The van der Waals surface area contributed by atoms with Crippen LogP contribution in [0.25, 0.3) is 0 Å². The van der Waals surface area contributed by atoms with Crippen LogP contribution in [0.5, 0.6) is 0 Å². The minimum absolute atomic E-state index is 0.624. The summed E-state index contributed by atoms with van der Waals surface area (Å²) in [5.74, 6) is 0. The molecule has 0 aliphatic heterocycles. The Morgan fingerprint density at radius 3 is 1.50 bits per heavy atom. The molecule has 0 heterocycles. The zero-order valence-corrected chi connectivity index (χ0v) is 18.7. The molecule has 0 aliphatic rings. The van der Waals surface area contributed by atoms with Crippen molar-refractivity contribution in [3.05, 3.63) is 12.7 Å². The summed E-state index contributed by atoms with van der Waals surface area (Å²) < 4.78 is 22.3. The number of unbranched alkanes of at least 4 members (excludes halogenated alkanes) is 10. The summed E-state index contributed by atoms with van der Waals surface area (Å²) in [5.41, 5.74) is 0. The highest BCUT2D eigenvalue weighted by Gasteiger charge is 2.30. The lowest BCUT2D eigenvalue weighted by atomic mass is 10.1. The maximum absolute atomic E-state index is 6.05. The van der Waals surface area contributed by atoms with Crippen molar-refractivity contribution in [1.82, 2.24) is 0 Å². The van der Waals surface area contributed by atoms with Gasteiger partial charge in [0.25, 0.3) is 0 Å². The van der Waals surface area contributed by atoms with Gasteiger partial charge in [-0.1, -0.05) is 63.9 Å². The molecule has 0 N–H and O–H groups in total. The molecule has 0 saturated heterocycles. The third-order valence-electron chi connectivity index (χ3n) is 4.68. The van der Waals surface area contributed by atoms with Crippen molar-refractivity contribution in [3.63, 3.8) is 0 Å². The zero-order chi connectivity index (χ0) is 19.3. The van der Waals surface area contributed by atoms with Gasteiger partial charge in [0.05, 0.1) is 26.4 Å². The largest absolute Gasteiger partial charge is 0.392 e. The highest BCUT2D eigenvalue weighted by molar-refractivity contribution is 6.66. The van der Waals surface area contributed by atoms with Gasteiger partial charge in [0.15, 0.2) is 0 Å². The Hall–Kier alpha value is -0.203. The molecule has 0 amide bonds. The first-order valence-corrected chi connectivity index (χ1v) is 13.1. The molecule has 0 aromatic rings. The second-order valence-corrected chi connectivity index (χ2v) is 10.5. The van der Waals surface area contributed by atoms with Crippen LogP contribution < -0.4 is 0 Å². The monoisotopic (exact) mass is 388 g/mol. The third-order valence-corrected chi connectivity index (χ3v) is 7.57. The second kappa shape index (κ2) is 19.6. The predicted molar refractivity (Wildman–Crippen MR) is 113 cm³/mol. The Kier molecular flexibility index (Phi) is 19.4. The zero-order valence-electron chi connectivity index (χ0n) is 17.7. The highest BCUT2D eigenvalue weighted by atomic mass is 28.4. The van der Waals surface area contributed by atoms with Gasteiger partial charge in [0.2, 0.25) is 0 Å². The lowest BCUT2D eigenvalue weighted by Crippen LogP contribution is -2.40. The van der Waals surface area contributed by atoms with Gasteiger partial charge in [-0.3, -0.25) is 0 Å². The Labute approximate surface area is 163 Å². The molecule has 26 heavy (non-hydrogen) atoms. The van der Waals surface area contributed by atoms with Gasteiger partial charge in [-0.2, -0.15) is 0 Å². The van der Waals surface area contributed by atoms with E-state index in [0.29, 0.717) is 26.4 Å². The first-order chi connectivity index (χ1) is 12.7. The van der Waals surface area contributed by atoms with Crippen molar-refractivity contribution in [2.75, 3.05) is 40.6 Å². The Balaban J connectivity index is 3.65. The fourth-order valence-corrected chi connectivity index (χ4v) is 5.31. The molecule has 0 aromatic carbocycles. The van der Waals surface area contributed by atoms with Gasteiger partial charge in [0, 0.05) is 14.2 Å². The van der Waals surface area contributed by atoms with Crippen LogP contribution in [-0.2, 0) is 18.3 Å². The molecular weight excluding hydrogens is 344 g/mol. The van der Waals surface area contributed by atoms with E-state index in [1.54, 1.807) is 14.2 Å². The van der Waals surface area contributed by atoms with Gasteiger partial charge in [-0.15, -0.1) is 6.58 Å². The van der Waals surface area contributed by atoms with E-state index in [4.69, 9.17) is 18.3 Å². The Morgan fingerprint density at radius 2 is 1.08 bits per heavy atom. The number of ether oxygens (including phenoxy) is 2. The van der Waals surface area contributed by atoms with Crippen LogP contribution in [0.15, 0.2) is 12.7 Å². The summed E-state index contributed by atoms with van der Waals surface area (Å²) in [5, 5.41) is 0. The van der Waals surface area contributed by atoms with Crippen molar-refractivity contribution in [2.45, 2.75) is 83.2 Å². The molecule has 0 aromatic heterocycles. The minimum Gasteiger partial charge on any atom is -0.392 e. The van der Waals surface area contributed by atoms with Gasteiger partial charge >= 0.3 is 8.56 Å². The summed E-state index contributed by atoms with van der Waals surface area (Å²) >= 11 is 0. The molecule has 156 valence electrons. The normalized spacial score (nSPS) is 11.8. The molecular formula is C21H44O4Si. The maximum Gasteiger partial charge on any atom is 0.335 e. The summed E-state index contributed by atoms with van der Waals surface area (Å²) in [6.45, 7) is 8.45. The first kappa shape index (κ1) is 25.8. The smallest absolute Gasteiger partial charge is 0.335 e. The summed E-state index contributed by atoms with van der Waals surface area (Å²) in [4.78, 5) is 0. The lowest BCUT2D eigenvalue weighted by molar-refractivity contribution is 0.0882. The van der Waals surface area contributed by atoms with Crippen LogP contribution in [0, 0.1) is 0 Å². The molecule has 0 aliphatic carbocycles. The average molecular weight is 389 g/mol. The highest BCUT2D eigenvalue weighted by Crippen LogP contribution is 2.19.